The number of hydrogen-bond acceptors (Lipinski definition) is 1. The SMILES string of the molecule is Cc1ccc2c(c1)sc1c(-c3cccc(-c4cccc(-n5c6ccccc6c6cc(-n7c8ccccc8c8ccccc87)ccc65)c4)c3)cccc12. The van der Waals surface area contributed by atoms with Crippen molar-refractivity contribution in [2.45, 2.75) is 6.92 Å². The summed E-state index contributed by atoms with van der Waals surface area (Å²) in [6.07, 6.45) is 0. The average molecular weight is 681 g/mol. The molecule has 0 amide bonds. The standard InChI is InChI=1S/C49H32N2S/c1-31-23-25-41-42-19-10-18-37(49(42)52-48(41)27-31)34-13-8-11-32(28-34)33-12-9-14-35(29-33)50-46-22-7-4-17-40(46)43-30-36(24-26-47(43)50)51-44-20-5-2-15-38(44)39-16-3-6-21-45(39)51/h2-30H,1H3. The van der Waals surface area contributed by atoms with Gasteiger partial charge in [0.2, 0.25) is 0 Å². The summed E-state index contributed by atoms with van der Waals surface area (Å²) in [6.45, 7) is 2.17. The zero-order chi connectivity index (χ0) is 34.3. The average Bonchev–Trinajstić information content (AvgIpc) is 3.85. The molecule has 0 saturated heterocycles. The van der Waals surface area contributed by atoms with Crippen LogP contribution in [0.3, 0.4) is 0 Å². The van der Waals surface area contributed by atoms with E-state index in [0.717, 1.165) is 5.69 Å². The Bertz CT molecular complexity index is 3150. The molecule has 3 aromatic heterocycles. The fourth-order valence-electron chi connectivity index (χ4n) is 8.40. The molecule has 3 heteroatoms. The third kappa shape index (κ3) is 4.36. The smallest absolute Gasteiger partial charge is 0.0542 e. The van der Waals surface area contributed by atoms with Crippen LogP contribution in [-0.2, 0) is 0 Å². The van der Waals surface area contributed by atoms with E-state index in [2.05, 4.69) is 192 Å². The molecule has 0 unspecified atom stereocenters. The van der Waals surface area contributed by atoms with Crippen LogP contribution in [0.1, 0.15) is 5.56 Å². The Hall–Kier alpha value is -6.42. The van der Waals surface area contributed by atoms with E-state index in [9.17, 15) is 0 Å². The lowest BCUT2D eigenvalue weighted by molar-refractivity contribution is 1.17. The van der Waals surface area contributed by atoms with Gasteiger partial charge in [0.25, 0.3) is 0 Å². The number of aromatic nitrogens is 2. The molecule has 11 rings (SSSR count). The summed E-state index contributed by atoms with van der Waals surface area (Å²) in [7, 11) is 0. The highest BCUT2D eigenvalue weighted by Gasteiger charge is 2.17. The lowest BCUT2D eigenvalue weighted by Gasteiger charge is -2.12. The molecule has 0 aliphatic heterocycles. The molecule has 8 aromatic carbocycles. The van der Waals surface area contributed by atoms with Crippen molar-refractivity contribution in [2.75, 3.05) is 0 Å². The third-order valence-electron chi connectivity index (χ3n) is 10.8. The van der Waals surface area contributed by atoms with Gasteiger partial charge in [0, 0.05) is 53.1 Å². The van der Waals surface area contributed by atoms with Crippen LogP contribution in [0, 0.1) is 6.92 Å². The van der Waals surface area contributed by atoms with Crippen LogP contribution in [0.15, 0.2) is 176 Å². The first-order chi connectivity index (χ1) is 25.7. The van der Waals surface area contributed by atoms with Gasteiger partial charge in [-0.2, -0.15) is 0 Å². The van der Waals surface area contributed by atoms with E-state index in [4.69, 9.17) is 0 Å². The van der Waals surface area contributed by atoms with Crippen LogP contribution in [0.2, 0.25) is 0 Å². The van der Waals surface area contributed by atoms with E-state index in [1.165, 1.54) is 97.3 Å². The lowest BCUT2D eigenvalue weighted by Crippen LogP contribution is -1.96. The normalized spacial score (nSPS) is 11.9. The van der Waals surface area contributed by atoms with Gasteiger partial charge in [0.1, 0.15) is 0 Å². The van der Waals surface area contributed by atoms with Gasteiger partial charge in [-0.25, -0.2) is 0 Å². The summed E-state index contributed by atoms with van der Waals surface area (Å²) in [5, 5.41) is 7.71. The highest BCUT2D eigenvalue weighted by Crippen LogP contribution is 2.42. The van der Waals surface area contributed by atoms with Gasteiger partial charge in [-0.15, -0.1) is 11.3 Å². The van der Waals surface area contributed by atoms with Gasteiger partial charge in [-0.05, 0) is 95.4 Å². The Labute approximate surface area is 305 Å². The van der Waals surface area contributed by atoms with Crippen molar-refractivity contribution in [3.05, 3.63) is 181 Å². The minimum Gasteiger partial charge on any atom is -0.309 e. The van der Waals surface area contributed by atoms with Gasteiger partial charge < -0.3 is 9.13 Å². The summed E-state index contributed by atoms with van der Waals surface area (Å²) in [6, 6.07) is 64.8. The Morgan fingerprint density at radius 1 is 0.365 bits per heavy atom. The molecule has 0 radical (unpaired) electrons. The maximum absolute atomic E-state index is 2.42. The van der Waals surface area contributed by atoms with Gasteiger partial charge in [-0.3, -0.25) is 0 Å². The minimum atomic E-state index is 1.15. The molecule has 0 aliphatic carbocycles. The summed E-state index contributed by atoms with van der Waals surface area (Å²) in [5.74, 6) is 0. The van der Waals surface area contributed by atoms with Crippen molar-refractivity contribution in [2.24, 2.45) is 0 Å². The monoisotopic (exact) mass is 680 g/mol. The van der Waals surface area contributed by atoms with Crippen LogP contribution >= 0.6 is 11.3 Å². The maximum Gasteiger partial charge on any atom is 0.0542 e. The lowest BCUT2D eigenvalue weighted by atomic mass is 9.97. The molecule has 2 nitrogen and oxygen atoms in total. The predicted octanol–water partition coefficient (Wildman–Crippen LogP) is 13.9. The molecule has 0 N–H and O–H groups in total. The number of aryl methyl sites for hydroxylation is 1. The largest absolute Gasteiger partial charge is 0.309 e. The first kappa shape index (κ1) is 29.3. The number of hydrogen-bond donors (Lipinski definition) is 0. The molecule has 0 spiro atoms. The quantitative estimate of drug-likeness (QED) is 0.175. The summed E-state index contributed by atoms with van der Waals surface area (Å²) < 4.78 is 7.52. The van der Waals surface area contributed by atoms with Crippen LogP contribution in [0.25, 0.3) is 97.4 Å². The first-order valence-corrected chi connectivity index (χ1v) is 18.7. The number of para-hydroxylation sites is 3. The fourth-order valence-corrected chi connectivity index (χ4v) is 9.74. The number of benzene rings is 8. The van der Waals surface area contributed by atoms with Crippen molar-refractivity contribution in [1.82, 2.24) is 9.13 Å². The molecule has 0 atom stereocenters. The van der Waals surface area contributed by atoms with E-state index >= 15 is 0 Å². The second-order valence-electron chi connectivity index (χ2n) is 13.8. The van der Waals surface area contributed by atoms with Crippen molar-refractivity contribution in [3.8, 4) is 33.6 Å². The highest BCUT2D eigenvalue weighted by molar-refractivity contribution is 7.26. The number of fused-ring (bicyclic) bond motifs is 9. The Balaban J connectivity index is 1.05. The van der Waals surface area contributed by atoms with E-state index in [-0.39, 0.29) is 0 Å². The molecule has 3 heterocycles. The minimum absolute atomic E-state index is 1.15. The first-order valence-electron chi connectivity index (χ1n) is 17.8. The Kier molecular flexibility index (Phi) is 6.37. The molecule has 52 heavy (non-hydrogen) atoms. The molecule has 244 valence electrons. The zero-order valence-electron chi connectivity index (χ0n) is 28.5. The third-order valence-corrected chi connectivity index (χ3v) is 12.0. The van der Waals surface area contributed by atoms with E-state index in [0.29, 0.717) is 0 Å². The number of rotatable bonds is 4. The summed E-state index contributed by atoms with van der Waals surface area (Å²) in [5.41, 5.74) is 13.4. The second-order valence-corrected chi connectivity index (χ2v) is 14.9. The van der Waals surface area contributed by atoms with Gasteiger partial charge in [-0.1, -0.05) is 115 Å². The molecule has 0 fully saturated rings. The highest BCUT2D eigenvalue weighted by atomic mass is 32.1. The van der Waals surface area contributed by atoms with Crippen LogP contribution < -0.4 is 0 Å². The fraction of sp³-hybridized carbons (Fsp3) is 0.0204. The van der Waals surface area contributed by atoms with Crippen LogP contribution in [0.4, 0.5) is 0 Å². The summed E-state index contributed by atoms with van der Waals surface area (Å²) in [4.78, 5) is 0. The molecular weight excluding hydrogens is 649 g/mol. The Morgan fingerprint density at radius 2 is 0.923 bits per heavy atom. The van der Waals surface area contributed by atoms with Crippen molar-refractivity contribution < 1.29 is 0 Å². The molecule has 0 aliphatic rings. The number of thiophene rings is 1. The van der Waals surface area contributed by atoms with Gasteiger partial charge in [0.05, 0.1) is 22.1 Å². The van der Waals surface area contributed by atoms with E-state index < -0.39 is 0 Å². The molecule has 0 saturated carbocycles. The van der Waals surface area contributed by atoms with Crippen molar-refractivity contribution in [3.63, 3.8) is 0 Å². The van der Waals surface area contributed by atoms with Crippen molar-refractivity contribution >= 4 is 75.1 Å². The number of nitrogens with zero attached hydrogens (tertiary/aromatic N) is 2. The van der Waals surface area contributed by atoms with Crippen LogP contribution in [0.5, 0.6) is 0 Å². The summed E-state index contributed by atoms with van der Waals surface area (Å²) >= 11 is 1.90. The van der Waals surface area contributed by atoms with Crippen LogP contribution in [-0.4, -0.2) is 9.13 Å². The molecule has 11 aromatic rings. The maximum atomic E-state index is 2.42. The molecular formula is C49H32N2S. The topological polar surface area (TPSA) is 9.86 Å². The molecule has 0 bridgehead atoms. The van der Waals surface area contributed by atoms with Gasteiger partial charge in [0.15, 0.2) is 0 Å². The van der Waals surface area contributed by atoms with Gasteiger partial charge >= 0.3 is 0 Å². The van der Waals surface area contributed by atoms with Crippen molar-refractivity contribution in [1.29, 1.82) is 0 Å². The predicted molar refractivity (Wildman–Crippen MR) is 224 cm³/mol. The van der Waals surface area contributed by atoms with E-state index in [1.807, 2.05) is 11.3 Å². The zero-order valence-corrected chi connectivity index (χ0v) is 29.4. The van der Waals surface area contributed by atoms with E-state index in [1.54, 1.807) is 0 Å². The second kappa shape index (κ2) is 11.3. The Morgan fingerprint density at radius 3 is 1.65 bits per heavy atom.